The number of hydrogen-bond acceptors (Lipinski definition) is 5. The second-order valence-corrected chi connectivity index (χ2v) is 5.19. The molecular formula is C15H19N3O2. The molecular weight excluding hydrogens is 254 g/mol. The Morgan fingerprint density at radius 2 is 2.10 bits per heavy atom. The molecule has 5 nitrogen and oxygen atoms in total. The predicted molar refractivity (Wildman–Crippen MR) is 75.1 cm³/mol. The van der Waals surface area contributed by atoms with E-state index in [2.05, 4.69) is 22.3 Å². The number of hydrogen-bond donors (Lipinski definition) is 1. The van der Waals surface area contributed by atoms with Crippen LogP contribution in [0.2, 0.25) is 0 Å². The Labute approximate surface area is 118 Å². The van der Waals surface area contributed by atoms with Crippen LogP contribution in [-0.2, 0) is 17.6 Å². The van der Waals surface area contributed by atoms with E-state index >= 15 is 0 Å². The van der Waals surface area contributed by atoms with E-state index in [1.165, 1.54) is 5.56 Å². The summed E-state index contributed by atoms with van der Waals surface area (Å²) in [6.45, 7) is 2.31. The molecule has 0 bridgehead atoms. The minimum Gasteiger partial charge on any atom is -0.381 e. The molecule has 1 aromatic carbocycles. The molecule has 106 valence electrons. The summed E-state index contributed by atoms with van der Waals surface area (Å²) < 4.78 is 10.7. The molecule has 0 spiro atoms. The molecule has 1 atom stereocenters. The molecule has 2 heterocycles. The first-order valence-corrected chi connectivity index (χ1v) is 7.05. The largest absolute Gasteiger partial charge is 0.381 e. The van der Waals surface area contributed by atoms with Crippen molar-refractivity contribution in [3.63, 3.8) is 0 Å². The molecule has 3 rings (SSSR count). The Kier molecular flexibility index (Phi) is 4.08. The van der Waals surface area contributed by atoms with Crippen molar-refractivity contribution in [3.05, 3.63) is 35.7 Å². The molecule has 1 aromatic heterocycles. The van der Waals surface area contributed by atoms with Crippen LogP contribution in [0.4, 0.5) is 0 Å². The monoisotopic (exact) mass is 273 g/mol. The number of nitrogens with two attached hydrogens (primary N) is 1. The van der Waals surface area contributed by atoms with Crippen LogP contribution in [0.1, 0.15) is 17.8 Å². The molecule has 1 saturated heterocycles. The highest BCUT2D eigenvalue weighted by atomic mass is 16.5. The molecule has 2 aromatic rings. The average molecular weight is 273 g/mol. The van der Waals surface area contributed by atoms with Gasteiger partial charge in [0.1, 0.15) is 0 Å². The lowest BCUT2D eigenvalue weighted by Crippen LogP contribution is -2.04. The molecule has 2 N–H and O–H groups in total. The zero-order valence-corrected chi connectivity index (χ0v) is 11.4. The van der Waals surface area contributed by atoms with Gasteiger partial charge < -0.3 is 15.0 Å². The highest BCUT2D eigenvalue weighted by Crippen LogP contribution is 2.21. The van der Waals surface area contributed by atoms with E-state index in [0.717, 1.165) is 43.9 Å². The second-order valence-electron chi connectivity index (χ2n) is 5.19. The summed E-state index contributed by atoms with van der Waals surface area (Å²) in [5.74, 6) is 1.87. The Hall–Kier alpha value is -1.72. The molecule has 0 aliphatic carbocycles. The molecule has 0 amide bonds. The molecule has 1 aliphatic rings. The zero-order chi connectivity index (χ0) is 13.8. The first kappa shape index (κ1) is 13.3. The Bertz CT molecular complexity index is 545. The van der Waals surface area contributed by atoms with Gasteiger partial charge in [0, 0.05) is 25.2 Å². The number of rotatable bonds is 5. The number of ether oxygens (including phenoxy) is 1. The average Bonchev–Trinajstić information content (AvgIpc) is 3.12. The van der Waals surface area contributed by atoms with E-state index in [9.17, 15) is 0 Å². The summed E-state index contributed by atoms with van der Waals surface area (Å²) in [5, 5.41) is 4.05. The minimum atomic E-state index is 0.521. The van der Waals surface area contributed by atoms with Gasteiger partial charge in [0.2, 0.25) is 0 Å². The third-order valence-corrected chi connectivity index (χ3v) is 3.60. The van der Waals surface area contributed by atoms with Gasteiger partial charge in [0.25, 0.3) is 5.89 Å². The van der Waals surface area contributed by atoms with Gasteiger partial charge in [-0.05, 0) is 43.0 Å². The maximum atomic E-state index is 5.54. The minimum absolute atomic E-state index is 0.521. The van der Waals surface area contributed by atoms with Crippen molar-refractivity contribution >= 4 is 0 Å². The van der Waals surface area contributed by atoms with Gasteiger partial charge in [-0.2, -0.15) is 4.98 Å². The van der Waals surface area contributed by atoms with Crippen molar-refractivity contribution in [1.82, 2.24) is 10.1 Å². The summed E-state index contributed by atoms with van der Waals surface area (Å²) in [7, 11) is 0. The first-order valence-electron chi connectivity index (χ1n) is 7.05. The Morgan fingerprint density at radius 1 is 1.25 bits per heavy atom. The second kappa shape index (κ2) is 6.15. The molecule has 1 fully saturated rings. The van der Waals surface area contributed by atoms with Crippen molar-refractivity contribution in [1.29, 1.82) is 0 Å². The highest BCUT2D eigenvalue weighted by molar-refractivity contribution is 5.53. The Balaban J connectivity index is 1.68. The van der Waals surface area contributed by atoms with Crippen LogP contribution >= 0.6 is 0 Å². The SMILES string of the molecule is NCCc1ccc(-c2nc(CC3CCOC3)no2)cc1. The quantitative estimate of drug-likeness (QED) is 0.899. The van der Waals surface area contributed by atoms with E-state index in [-0.39, 0.29) is 0 Å². The zero-order valence-electron chi connectivity index (χ0n) is 11.4. The standard InChI is InChI=1S/C15H19N3O2/c16-7-5-11-1-3-13(4-2-11)15-17-14(18-20-15)9-12-6-8-19-10-12/h1-4,12H,5-10,16H2. The molecule has 20 heavy (non-hydrogen) atoms. The molecule has 1 aliphatic heterocycles. The molecule has 0 saturated carbocycles. The van der Waals surface area contributed by atoms with E-state index in [0.29, 0.717) is 18.4 Å². The maximum absolute atomic E-state index is 5.54. The van der Waals surface area contributed by atoms with Gasteiger partial charge in [-0.25, -0.2) is 0 Å². The summed E-state index contributed by atoms with van der Waals surface area (Å²) in [4.78, 5) is 4.46. The topological polar surface area (TPSA) is 74.2 Å². The van der Waals surface area contributed by atoms with Crippen LogP contribution in [0.5, 0.6) is 0 Å². The molecule has 0 radical (unpaired) electrons. The Morgan fingerprint density at radius 3 is 2.80 bits per heavy atom. The third-order valence-electron chi connectivity index (χ3n) is 3.60. The summed E-state index contributed by atoms with van der Waals surface area (Å²) in [6, 6.07) is 8.11. The van der Waals surface area contributed by atoms with Crippen molar-refractivity contribution in [2.75, 3.05) is 19.8 Å². The van der Waals surface area contributed by atoms with Crippen molar-refractivity contribution in [2.24, 2.45) is 11.7 Å². The predicted octanol–water partition coefficient (Wildman–Crippen LogP) is 1.82. The first-order chi connectivity index (χ1) is 9.85. The van der Waals surface area contributed by atoms with Crippen molar-refractivity contribution in [3.8, 4) is 11.5 Å². The van der Waals surface area contributed by atoms with Gasteiger partial charge in [-0.3, -0.25) is 0 Å². The van der Waals surface area contributed by atoms with E-state index < -0.39 is 0 Å². The van der Waals surface area contributed by atoms with Gasteiger partial charge >= 0.3 is 0 Å². The maximum Gasteiger partial charge on any atom is 0.257 e. The van der Waals surface area contributed by atoms with E-state index in [4.69, 9.17) is 15.0 Å². The summed E-state index contributed by atoms with van der Waals surface area (Å²) in [6.07, 6.45) is 2.80. The fourth-order valence-electron chi connectivity index (χ4n) is 2.44. The lowest BCUT2D eigenvalue weighted by molar-refractivity contribution is 0.185. The van der Waals surface area contributed by atoms with Crippen LogP contribution in [0.15, 0.2) is 28.8 Å². The van der Waals surface area contributed by atoms with Crippen molar-refractivity contribution < 1.29 is 9.26 Å². The fourth-order valence-corrected chi connectivity index (χ4v) is 2.44. The van der Waals surface area contributed by atoms with E-state index in [1.54, 1.807) is 0 Å². The third kappa shape index (κ3) is 3.05. The highest BCUT2D eigenvalue weighted by Gasteiger charge is 2.19. The fraction of sp³-hybridized carbons (Fsp3) is 0.467. The summed E-state index contributed by atoms with van der Waals surface area (Å²) in [5.41, 5.74) is 7.71. The lowest BCUT2D eigenvalue weighted by Gasteiger charge is -2.01. The lowest BCUT2D eigenvalue weighted by atomic mass is 10.1. The van der Waals surface area contributed by atoms with Crippen LogP contribution in [0.25, 0.3) is 11.5 Å². The number of benzene rings is 1. The van der Waals surface area contributed by atoms with Gasteiger partial charge in [0.05, 0.1) is 0 Å². The van der Waals surface area contributed by atoms with Crippen LogP contribution < -0.4 is 5.73 Å². The summed E-state index contributed by atoms with van der Waals surface area (Å²) >= 11 is 0. The van der Waals surface area contributed by atoms with Crippen LogP contribution in [0.3, 0.4) is 0 Å². The van der Waals surface area contributed by atoms with Crippen molar-refractivity contribution in [2.45, 2.75) is 19.3 Å². The molecule has 1 unspecified atom stereocenters. The number of nitrogens with zero attached hydrogens (tertiary/aromatic N) is 2. The normalized spacial score (nSPS) is 18.6. The van der Waals surface area contributed by atoms with Gasteiger partial charge in [-0.15, -0.1) is 0 Å². The van der Waals surface area contributed by atoms with Gasteiger partial charge in [0.15, 0.2) is 5.82 Å². The molecule has 5 heteroatoms. The smallest absolute Gasteiger partial charge is 0.257 e. The van der Waals surface area contributed by atoms with Crippen LogP contribution in [-0.4, -0.2) is 29.9 Å². The van der Waals surface area contributed by atoms with Gasteiger partial charge in [-0.1, -0.05) is 17.3 Å². The van der Waals surface area contributed by atoms with Crippen LogP contribution in [0, 0.1) is 5.92 Å². The number of aromatic nitrogens is 2. The van der Waals surface area contributed by atoms with E-state index in [1.807, 2.05) is 12.1 Å².